The lowest BCUT2D eigenvalue weighted by Gasteiger charge is -2.47. The van der Waals surface area contributed by atoms with Gasteiger partial charge in [-0.15, -0.1) is 0 Å². The van der Waals surface area contributed by atoms with Crippen molar-refractivity contribution in [2.45, 2.75) is 33.2 Å². The van der Waals surface area contributed by atoms with Gasteiger partial charge in [0.1, 0.15) is 0 Å². The second kappa shape index (κ2) is 6.46. The molecular weight excluding hydrogens is 186 g/mol. The predicted molar refractivity (Wildman–Crippen MR) is 68.0 cm³/mol. The molecule has 0 fully saturated rings. The molecule has 0 radical (unpaired) electrons. The Morgan fingerprint density at radius 3 is 1.87 bits per heavy atom. The van der Waals surface area contributed by atoms with Crippen LogP contribution in [0.15, 0.2) is 0 Å². The average Bonchev–Trinajstić information content (AvgIpc) is 2.10. The van der Waals surface area contributed by atoms with Crippen molar-refractivity contribution >= 4 is 0 Å². The van der Waals surface area contributed by atoms with Gasteiger partial charge in [-0.1, -0.05) is 27.7 Å². The largest absolute Gasteiger partial charge is 0.329 e. The smallest absolute Gasteiger partial charge is 0.0373 e. The summed E-state index contributed by atoms with van der Waals surface area (Å²) in [4.78, 5) is 2.35. The molecule has 0 rings (SSSR count). The Labute approximate surface area is 95.4 Å². The molecule has 0 aromatic carbocycles. The first kappa shape index (κ1) is 14.9. The lowest BCUT2D eigenvalue weighted by atomic mass is 9.75. The number of hydrogen-bond donors (Lipinski definition) is 2. The highest BCUT2D eigenvalue weighted by Gasteiger charge is 2.38. The van der Waals surface area contributed by atoms with Crippen molar-refractivity contribution in [2.75, 3.05) is 33.7 Å². The van der Waals surface area contributed by atoms with Crippen molar-refractivity contribution in [1.82, 2.24) is 10.2 Å². The molecule has 0 unspecified atom stereocenters. The third-order valence-corrected chi connectivity index (χ3v) is 3.56. The van der Waals surface area contributed by atoms with Gasteiger partial charge in [0.15, 0.2) is 0 Å². The Kier molecular flexibility index (Phi) is 6.41. The fourth-order valence-electron chi connectivity index (χ4n) is 2.66. The molecule has 0 spiro atoms. The molecule has 92 valence electrons. The first-order valence-corrected chi connectivity index (χ1v) is 5.97. The lowest BCUT2D eigenvalue weighted by Crippen LogP contribution is -2.59. The van der Waals surface area contributed by atoms with Gasteiger partial charge in [0.05, 0.1) is 0 Å². The van der Waals surface area contributed by atoms with Gasteiger partial charge < -0.3 is 16.0 Å². The van der Waals surface area contributed by atoms with Gasteiger partial charge in [-0.3, -0.25) is 0 Å². The highest BCUT2D eigenvalue weighted by atomic mass is 15.2. The Balaban J connectivity index is 4.65. The highest BCUT2D eigenvalue weighted by Crippen LogP contribution is 2.30. The minimum atomic E-state index is 0.217. The van der Waals surface area contributed by atoms with Crippen molar-refractivity contribution < 1.29 is 0 Å². The number of nitrogens with zero attached hydrogens (tertiary/aromatic N) is 1. The molecule has 15 heavy (non-hydrogen) atoms. The van der Waals surface area contributed by atoms with Crippen LogP contribution in [0.2, 0.25) is 0 Å². The maximum atomic E-state index is 5.51. The van der Waals surface area contributed by atoms with E-state index >= 15 is 0 Å². The van der Waals surface area contributed by atoms with E-state index in [4.69, 9.17) is 5.73 Å². The molecule has 0 aliphatic rings. The first-order chi connectivity index (χ1) is 6.89. The van der Waals surface area contributed by atoms with Gasteiger partial charge >= 0.3 is 0 Å². The minimum Gasteiger partial charge on any atom is -0.329 e. The minimum absolute atomic E-state index is 0.217. The van der Waals surface area contributed by atoms with Crippen LogP contribution in [-0.4, -0.2) is 44.2 Å². The monoisotopic (exact) mass is 215 g/mol. The van der Waals surface area contributed by atoms with Crippen LogP contribution in [0.3, 0.4) is 0 Å². The maximum absolute atomic E-state index is 5.51. The zero-order valence-electron chi connectivity index (χ0n) is 11.3. The van der Waals surface area contributed by atoms with Gasteiger partial charge in [0.25, 0.3) is 0 Å². The molecule has 0 heterocycles. The van der Waals surface area contributed by atoms with Gasteiger partial charge in [0, 0.05) is 25.2 Å². The van der Waals surface area contributed by atoms with E-state index in [9.17, 15) is 0 Å². The van der Waals surface area contributed by atoms with Crippen molar-refractivity contribution in [1.29, 1.82) is 0 Å². The van der Waals surface area contributed by atoms with Crippen LogP contribution in [0.1, 0.15) is 27.7 Å². The molecule has 0 saturated carbocycles. The zero-order chi connectivity index (χ0) is 12.1. The van der Waals surface area contributed by atoms with E-state index < -0.39 is 0 Å². The molecule has 0 aliphatic carbocycles. The molecular formula is C12H29N3. The van der Waals surface area contributed by atoms with Crippen molar-refractivity contribution in [2.24, 2.45) is 17.6 Å². The lowest BCUT2D eigenvalue weighted by molar-refractivity contribution is 0.0451. The van der Waals surface area contributed by atoms with Crippen molar-refractivity contribution in [3.8, 4) is 0 Å². The Morgan fingerprint density at radius 2 is 1.60 bits per heavy atom. The van der Waals surface area contributed by atoms with E-state index in [1.807, 2.05) is 0 Å². The van der Waals surface area contributed by atoms with Gasteiger partial charge in [-0.2, -0.15) is 0 Å². The number of likely N-dealkylation sites (N-methyl/N-ethyl adjacent to an activating group) is 1. The van der Waals surface area contributed by atoms with Gasteiger partial charge in [-0.05, 0) is 25.9 Å². The summed E-state index contributed by atoms with van der Waals surface area (Å²) in [5, 5.41) is 3.45. The topological polar surface area (TPSA) is 41.3 Å². The van der Waals surface area contributed by atoms with E-state index in [1.54, 1.807) is 0 Å². The summed E-state index contributed by atoms with van der Waals surface area (Å²) in [5.74, 6) is 1.25. The fourth-order valence-corrected chi connectivity index (χ4v) is 2.66. The summed E-state index contributed by atoms with van der Waals surface area (Å²) in [6, 6.07) is 0. The number of nitrogens with one attached hydrogen (secondary N) is 1. The molecule has 0 amide bonds. The predicted octanol–water partition coefficient (Wildman–Crippen LogP) is 1.15. The molecule has 0 aromatic heterocycles. The second-order valence-electron chi connectivity index (χ2n) is 5.16. The average molecular weight is 215 g/mol. The molecule has 3 heteroatoms. The quantitative estimate of drug-likeness (QED) is 0.626. The Morgan fingerprint density at radius 1 is 1.13 bits per heavy atom. The van der Waals surface area contributed by atoms with E-state index in [0.29, 0.717) is 18.4 Å². The molecule has 3 nitrogen and oxygen atoms in total. The van der Waals surface area contributed by atoms with Crippen LogP contribution in [0.25, 0.3) is 0 Å². The normalized spacial score (nSPS) is 13.2. The van der Waals surface area contributed by atoms with Crippen LogP contribution >= 0.6 is 0 Å². The number of hydrogen-bond acceptors (Lipinski definition) is 3. The van der Waals surface area contributed by atoms with Crippen LogP contribution in [0.5, 0.6) is 0 Å². The van der Waals surface area contributed by atoms with Crippen molar-refractivity contribution in [3.63, 3.8) is 0 Å². The summed E-state index contributed by atoms with van der Waals surface area (Å²) in [6.45, 7) is 11.8. The standard InChI is InChI=1S/C12H29N3/c1-10(2)12(11(3)4,15(5)6)9-14-8-7-13/h10-11,14H,7-9,13H2,1-6H3. The number of rotatable bonds is 7. The number of nitrogens with two attached hydrogens (primary N) is 1. The molecule has 0 saturated heterocycles. The summed E-state index contributed by atoms with van der Waals surface area (Å²) in [5.41, 5.74) is 5.73. The van der Waals surface area contributed by atoms with E-state index in [-0.39, 0.29) is 5.54 Å². The fraction of sp³-hybridized carbons (Fsp3) is 1.00. The van der Waals surface area contributed by atoms with Crippen LogP contribution in [0.4, 0.5) is 0 Å². The van der Waals surface area contributed by atoms with Crippen LogP contribution in [-0.2, 0) is 0 Å². The molecule has 3 N–H and O–H groups in total. The zero-order valence-corrected chi connectivity index (χ0v) is 11.3. The third-order valence-electron chi connectivity index (χ3n) is 3.56. The maximum Gasteiger partial charge on any atom is 0.0373 e. The second-order valence-corrected chi connectivity index (χ2v) is 5.16. The SMILES string of the molecule is CC(C)C(CNCCN)(C(C)C)N(C)C. The molecule has 0 aromatic rings. The molecule has 0 aliphatic heterocycles. The van der Waals surface area contributed by atoms with Crippen LogP contribution < -0.4 is 11.1 Å². The first-order valence-electron chi connectivity index (χ1n) is 5.97. The van der Waals surface area contributed by atoms with E-state index in [1.165, 1.54) is 0 Å². The van der Waals surface area contributed by atoms with Gasteiger partial charge in [-0.25, -0.2) is 0 Å². The highest BCUT2D eigenvalue weighted by molar-refractivity contribution is 4.95. The van der Waals surface area contributed by atoms with Crippen LogP contribution in [0, 0.1) is 11.8 Å². The summed E-state index contributed by atoms with van der Waals surface area (Å²) >= 11 is 0. The third kappa shape index (κ3) is 3.44. The Bertz CT molecular complexity index is 142. The molecule has 0 bridgehead atoms. The summed E-state index contributed by atoms with van der Waals surface area (Å²) in [7, 11) is 4.34. The molecule has 0 atom stereocenters. The summed E-state index contributed by atoms with van der Waals surface area (Å²) < 4.78 is 0. The Hall–Kier alpha value is -0.120. The van der Waals surface area contributed by atoms with E-state index in [0.717, 1.165) is 13.1 Å². The van der Waals surface area contributed by atoms with Crippen molar-refractivity contribution in [3.05, 3.63) is 0 Å². The van der Waals surface area contributed by atoms with Gasteiger partial charge in [0.2, 0.25) is 0 Å². The van der Waals surface area contributed by atoms with E-state index in [2.05, 4.69) is 52.0 Å². The summed E-state index contributed by atoms with van der Waals surface area (Å²) in [6.07, 6.45) is 0.